The van der Waals surface area contributed by atoms with Crippen molar-refractivity contribution in [1.82, 2.24) is 0 Å². The molecule has 274 valence electrons. The highest BCUT2D eigenvalue weighted by molar-refractivity contribution is 7.91. The molecule has 0 unspecified atom stereocenters. The van der Waals surface area contributed by atoms with Crippen LogP contribution in [-0.2, 0) is 15.3 Å². The van der Waals surface area contributed by atoms with Crippen molar-refractivity contribution in [2.75, 3.05) is 4.90 Å². The molecule has 7 aromatic carbocycles. The van der Waals surface area contributed by atoms with Crippen LogP contribution in [0.1, 0.15) is 43.2 Å². The van der Waals surface area contributed by atoms with Crippen LogP contribution in [0.5, 0.6) is 0 Å². The third kappa shape index (κ3) is 5.19. The van der Waals surface area contributed by atoms with E-state index in [-0.39, 0.29) is 5.41 Å². The first-order valence-corrected chi connectivity index (χ1v) is 21.7. The van der Waals surface area contributed by atoms with Crippen molar-refractivity contribution >= 4 is 26.9 Å². The largest absolute Gasteiger partial charge is 0.310 e. The molecule has 7 aromatic rings. The van der Waals surface area contributed by atoms with Crippen molar-refractivity contribution in [3.63, 3.8) is 0 Å². The average molecular weight is 746 g/mol. The summed E-state index contributed by atoms with van der Waals surface area (Å²) in [7, 11) is -3.69. The molecular formula is C52H43NO2S. The molecule has 0 radical (unpaired) electrons. The molecule has 4 heteroatoms. The normalized spacial score (nSPS) is 23.7. The van der Waals surface area contributed by atoms with Gasteiger partial charge in [-0.25, -0.2) is 8.42 Å². The fourth-order valence-corrected chi connectivity index (χ4v) is 13.3. The highest BCUT2D eigenvalue weighted by Crippen LogP contribution is 2.68. The van der Waals surface area contributed by atoms with E-state index in [0.29, 0.717) is 21.6 Å². The van der Waals surface area contributed by atoms with E-state index in [4.69, 9.17) is 0 Å². The van der Waals surface area contributed by atoms with Gasteiger partial charge in [-0.05, 0) is 149 Å². The fraction of sp³-hybridized carbons (Fsp3) is 0.192. The molecule has 1 heterocycles. The Balaban J connectivity index is 1.05. The quantitative estimate of drug-likeness (QED) is 0.170. The van der Waals surface area contributed by atoms with Crippen LogP contribution in [0.15, 0.2) is 186 Å². The van der Waals surface area contributed by atoms with Gasteiger partial charge in [-0.2, -0.15) is 0 Å². The lowest BCUT2D eigenvalue weighted by atomic mass is 9.42. The summed E-state index contributed by atoms with van der Waals surface area (Å²) >= 11 is 0. The number of anilines is 3. The number of benzene rings is 7. The number of fused-ring (bicyclic) bond motifs is 2. The van der Waals surface area contributed by atoms with Gasteiger partial charge in [-0.15, -0.1) is 0 Å². The standard InChI is InChI=1S/C52H43NO2S/c54-56(55)50-14-8-7-13-48(50)52(43-30-35-29-36(32-43)33-44(52)31-35)49-34-47(27-28-51(49)56)53(45-23-19-41(20-24-45)38-11-5-2-6-12-38)46-25-21-42(22-26-46)40-17-15-39(16-18-40)37-9-3-1-4-10-37/h1-28,34-36,43-44H,29-33H2. The maximum absolute atomic E-state index is 14.6. The monoisotopic (exact) mass is 745 g/mol. The first-order chi connectivity index (χ1) is 27.5. The molecule has 3 nitrogen and oxygen atoms in total. The molecule has 5 aliphatic rings. The van der Waals surface area contributed by atoms with E-state index in [9.17, 15) is 8.42 Å². The number of hydrogen-bond acceptors (Lipinski definition) is 3. The maximum atomic E-state index is 14.6. The Morgan fingerprint density at radius 3 is 1.29 bits per heavy atom. The Kier molecular flexibility index (Phi) is 7.76. The van der Waals surface area contributed by atoms with Gasteiger partial charge in [0.25, 0.3) is 0 Å². The second-order valence-corrected chi connectivity index (χ2v) is 18.5. The van der Waals surface area contributed by atoms with Gasteiger partial charge in [0.2, 0.25) is 9.84 Å². The van der Waals surface area contributed by atoms with Crippen molar-refractivity contribution in [3.05, 3.63) is 187 Å². The molecule has 4 aliphatic carbocycles. The van der Waals surface area contributed by atoms with Crippen LogP contribution in [0.4, 0.5) is 17.1 Å². The van der Waals surface area contributed by atoms with Gasteiger partial charge in [-0.3, -0.25) is 0 Å². The Morgan fingerprint density at radius 1 is 0.393 bits per heavy atom. The first-order valence-electron chi connectivity index (χ1n) is 20.2. The zero-order valence-electron chi connectivity index (χ0n) is 31.3. The van der Waals surface area contributed by atoms with Crippen LogP contribution in [-0.4, -0.2) is 8.42 Å². The predicted molar refractivity (Wildman–Crippen MR) is 227 cm³/mol. The summed E-state index contributed by atoms with van der Waals surface area (Å²) in [6.07, 6.45) is 6.08. The zero-order valence-corrected chi connectivity index (χ0v) is 32.1. The van der Waals surface area contributed by atoms with Crippen LogP contribution in [0.25, 0.3) is 33.4 Å². The van der Waals surface area contributed by atoms with Crippen LogP contribution in [0, 0.1) is 23.7 Å². The lowest BCUT2D eigenvalue weighted by Crippen LogP contribution is -2.57. The van der Waals surface area contributed by atoms with Crippen molar-refractivity contribution in [2.45, 2.75) is 47.3 Å². The Morgan fingerprint density at radius 2 is 0.786 bits per heavy atom. The second kappa shape index (κ2) is 12.9. The minimum Gasteiger partial charge on any atom is -0.310 e. The summed E-state index contributed by atoms with van der Waals surface area (Å²) < 4.78 is 29.1. The minimum atomic E-state index is -3.69. The van der Waals surface area contributed by atoms with Gasteiger partial charge >= 0.3 is 0 Å². The van der Waals surface area contributed by atoms with E-state index >= 15 is 0 Å². The highest BCUT2D eigenvalue weighted by atomic mass is 32.2. The molecule has 0 amide bonds. The van der Waals surface area contributed by atoms with E-state index in [2.05, 4.69) is 144 Å². The smallest absolute Gasteiger partial charge is 0.207 e. The minimum absolute atomic E-state index is 0.306. The number of rotatable bonds is 6. The van der Waals surface area contributed by atoms with E-state index in [1.165, 1.54) is 48.8 Å². The van der Waals surface area contributed by atoms with E-state index in [0.717, 1.165) is 56.7 Å². The van der Waals surface area contributed by atoms with Gasteiger partial charge in [0.15, 0.2) is 0 Å². The number of sulfone groups is 1. The van der Waals surface area contributed by atoms with Crippen molar-refractivity contribution in [2.24, 2.45) is 23.7 Å². The lowest BCUT2D eigenvalue weighted by molar-refractivity contribution is -0.0446. The van der Waals surface area contributed by atoms with Gasteiger partial charge in [0.1, 0.15) is 0 Å². The van der Waals surface area contributed by atoms with Crippen molar-refractivity contribution in [3.8, 4) is 33.4 Å². The Labute approximate surface area is 330 Å². The maximum Gasteiger partial charge on any atom is 0.207 e. The molecule has 4 bridgehead atoms. The third-order valence-electron chi connectivity index (χ3n) is 13.7. The molecule has 1 spiro atoms. The summed E-state index contributed by atoms with van der Waals surface area (Å²) in [5, 5.41) is 0. The summed E-state index contributed by atoms with van der Waals surface area (Å²) in [6.45, 7) is 0. The van der Waals surface area contributed by atoms with Crippen LogP contribution < -0.4 is 4.90 Å². The van der Waals surface area contributed by atoms with Crippen LogP contribution in [0.3, 0.4) is 0 Å². The summed E-state index contributed by atoms with van der Waals surface area (Å²) in [5.41, 5.74) is 11.8. The SMILES string of the molecule is O=S1(=O)c2ccccc2C2(c3cc(N(c4ccc(-c5ccccc5)cc4)c4ccc(-c5ccc(-c6ccccc6)cc5)cc4)ccc31)C1CC3CC(C1)CC2C3. The van der Waals surface area contributed by atoms with E-state index in [1.807, 2.05) is 36.4 Å². The van der Waals surface area contributed by atoms with Gasteiger partial charge in [0, 0.05) is 22.5 Å². The number of nitrogens with zero attached hydrogens (tertiary/aromatic N) is 1. The molecule has 0 N–H and O–H groups in total. The third-order valence-corrected chi connectivity index (χ3v) is 15.6. The number of hydrogen-bond donors (Lipinski definition) is 0. The van der Waals surface area contributed by atoms with Crippen LogP contribution in [0.2, 0.25) is 0 Å². The van der Waals surface area contributed by atoms with E-state index in [1.54, 1.807) is 0 Å². The fourth-order valence-electron chi connectivity index (χ4n) is 11.5. The van der Waals surface area contributed by atoms with Crippen LogP contribution >= 0.6 is 0 Å². The molecule has 4 fully saturated rings. The summed E-state index contributed by atoms with van der Waals surface area (Å²) in [6, 6.07) is 61.6. The van der Waals surface area contributed by atoms with Crippen molar-refractivity contribution < 1.29 is 8.42 Å². The van der Waals surface area contributed by atoms with Crippen molar-refractivity contribution in [1.29, 1.82) is 0 Å². The molecule has 0 aromatic heterocycles. The van der Waals surface area contributed by atoms with E-state index < -0.39 is 9.84 Å². The molecular weight excluding hydrogens is 703 g/mol. The van der Waals surface area contributed by atoms with Gasteiger partial charge in [-0.1, -0.05) is 127 Å². The average Bonchev–Trinajstić information content (AvgIpc) is 3.25. The molecule has 1 aliphatic heterocycles. The predicted octanol–water partition coefficient (Wildman–Crippen LogP) is 13.0. The Hall–Kier alpha value is -5.71. The Bertz CT molecular complexity index is 2660. The molecule has 12 rings (SSSR count). The van der Waals surface area contributed by atoms with Gasteiger partial charge < -0.3 is 4.90 Å². The topological polar surface area (TPSA) is 37.4 Å². The molecule has 56 heavy (non-hydrogen) atoms. The molecule has 0 atom stereocenters. The summed E-state index contributed by atoms with van der Waals surface area (Å²) in [4.78, 5) is 3.34. The zero-order chi connectivity index (χ0) is 37.4. The van der Waals surface area contributed by atoms with Gasteiger partial charge in [0.05, 0.1) is 9.79 Å². The summed E-state index contributed by atoms with van der Waals surface area (Å²) in [5.74, 6) is 2.40. The second-order valence-electron chi connectivity index (χ2n) is 16.6. The molecule has 4 saturated carbocycles. The molecule has 0 saturated heterocycles. The first kappa shape index (κ1) is 33.6. The highest BCUT2D eigenvalue weighted by Gasteiger charge is 2.62. The lowest BCUT2D eigenvalue weighted by Gasteiger charge is -2.63.